The molecule has 1 unspecified atom stereocenters. The standard InChI is InChI=1S/C13H15NO3/c1-13(2,11(14)12(15)16)9-3-4-10-8(7-9)5-6-17-10/h3-7,11H,14H2,1-2H3,(H,15,16). The van der Waals surface area contributed by atoms with Gasteiger partial charge in [-0.1, -0.05) is 19.9 Å². The predicted octanol–water partition coefficient (Wildman–Crippen LogP) is 2.12. The van der Waals surface area contributed by atoms with Crippen molar-refractivity contribution in [2.24, 2.45) is 5.73 Å². The van der Waals surface area contributed by atoms with Crippen molar-refractivity contribution >= 4 is 16.9 Å². The van der Waals surface area contributed by atoms with Crippen LogP contribution in [0.5, 0.6) is 0 Å². The Morgan fingerprint density at radius 1 is 1.41 bits per heavy atom. The Labute approximate surface area is 99.0 Å². The molecule has 0 saturated carbocycles. The van der Waals surface area contributed by atoms with Crippen molar-refractivity contribution in [1.29, 1.82) is 0 Å². The summed E-state index contributed by atoms with van der Waals surface area (Å²) in [5.41, 5.74) is 6.77. The fourth-order valence-electron chi connectivity index (χ4n) is 1.86. The number of rotatable bonds is 3. The Hall–Kier alpha value is -1.81. The van der Waals surface area contributed by atoms with Crippen molar-refractivity contribution in [1.82, 2.24) is 0 Å². The minimum absolute atomic E-state index is 0.628. The van der Waals surface area contributed by atoms with Crippen LogP contribution in [-0.2, 0) is 10.2 Å². The molecule has 2 aromatic rings. The van der Waals surface area contributed by atoms with Crippen LogP contribution in [0.1, 0.15) is 19.4 Å². The van der Waals surface area contributed by atoms with Crippen molar-refractivity contribution < 1.29 is 14.3 Å². The first-order chi connectivity index (χ1) is 7.93. The van der Waals surface area contributed by atoms with Crippen molar-refractivity contribution in [3.05, 3.63) is 36.1 Å². The number of carboxylic acids is 1. The monoisotopic (exact) mass is 233 g/mol. The molecule has 4 nitrogen and oxygen atoms in total. The van der Waals surface area contributed by atoms with Gasteiger partial charge in [-0.25, -0.2) is 0 Å². The molecule has 0 bridgehead atoms. The van der Waals surface area contributed by atoms with Crippen molar-refractivity contribution in [2.45, 2.75) is 25.3 Å². The third kappa shape index (κ3) is 1.91. The lowest BCUT2D eigenvalue weighted by Crippen LogP contribution is -2.46. The number of aliphatic carboxylic acids is 1. The van der Waals surface area contributed by atoms with E-state index < -0.39 is 17.4 Å². The molecule has 0 radical (unpaired) electrons. The molecule has 4 heteroatoms. The van der Waals surface area contributed by atoms with Gasteiger partial charge in [0.2, 0.25) is 0 Å². The molecule has 0 amide bonds. The van der Waals surface area contributed by atoms with E-state index in [2.05, 4.69) is 0 Å². The van der Waals surface area contributed by atoms with Gasteiger partial charge in [0, 0.05) is 10.8 Å². The molecule has 0 fully saturated rings. The van der Waals surface area contributed by atoms with Crippen LogP contribution in [0.2, 0.25) is 0 Å². The third-order valence-corrected chi connectivity index (χ3v) is 3.24. The zero-order valence-corrected chi connectivity index (χ0v) is 9.81. The molecule has 1 atom stereocenters. The molecule has 0 saturated heterocycles. The molecular formula is C13H15NO3. The van der Waals surface area contributed by atoms with Gasteiger partial charge < -0.3 is 15.3 Å². The van der Waals surface area contributed by atoms with Gasteiger partial charge in [0.05, 0.1) is 6.26 Å². The molecule has 1 aromatic carbocycles. The lowest BCUT2D eigenvalue weighted by molar-refractivity contribution is -0.140. The van der Waals surface area contributed by atoms with Gasteiger partial charge in [0.1, 0.15) is 11.6 Å². The highest BCUT2D eigenvalue weighted by Gasteiger charge is 2.33. The van der Waals surface area contributed by atoms with Crippen LogP contribution >= 0.6 is 0 Å². The lowest BCUT2D eigenvalue weighted by atomic mass is 9.78. The molecule has 1 aromatic heterocycles. The first kappa shape index (κ1) is 11.7. The SMILES string of the molecule is CC(C)(c1ccc2occc2c1)C(N)C(=O)O. The van der Waals surface area contributed by atoms with E-state index in [-0.39, 0.29) is 0 Å². The minimum atomic E-state index is -0.998. The van der Waals surface area contributed by atoms with Crippen LogP contribution < -0.4 is 5.73 Å². The summed E-state index contributed by atoms with van der Waals surface area (Å²) in [4.78, 5) is 11.0. The highest BCUT2D eigenvalue weighted by Crippen LogP contribution is 2.29. The van der Waals surface area contributed by atoms with Crippen molar-refractivity contribution in [3.63, 3.8) is 0 Å². The van der Waals surface area contributed by atoms with E-state index >= 15 is 0 Å². The fraction of sp³-hybridized carbons (Fsp3) is 0.308. The molecule has 1 heterocycles. The second-order valence-electron chi connectivity index (χ2n) is 4.71. The van der Waals surface area contributed by atoms with Gasteiger partial charge in [-0.2, -0.15) is 0 Å². The largest absolute Gasteiger partial charge is 0.480 e. The summed E-state index contributed by atoms with van der Waals surface area (Å²) in [6, 6.07) is 6.52. The molecule has 3 N–H and O–H groups in total. The lowest BCUT2D eigenvalue weighted by Gasteiger charge is -2.29. The van der Waals surface area contributed by atoms with Crippen LogP contribution in [-0.4, -0.2) is 17.1 Å². The number of carboxylic acid groups (broad SMARTS) is 1. The van der Waals surface area contributed by atoms with E-state index in [0.29, 0.717) is 0 Å². The van der Waals surface area contributed by atoms with E-state index in [4.69, 9.17) is 15.3 Å². The van der Waals surface area contributed by atoms with Crippen LogP contribution in [0, 0.1) is 0 Å². The average Bonchev–Trinajstić information content (AvgIpc) is 2.74. The van der Waals surface area contributed by atoms with Gasteiger partial charge in [0.25, 0.3) is 0 Å². The summed E-state index contributed by atoms with van der Waals surface area (Å²) in [6.07, 6.45) is 1.61. The summed E-state index contributed by atoms with van der Waals surface area (Å²) < 4.78 is 5.25. The summed E-state index contributed by atoms with van der Waals surface area (Å²) in [5, 5.41) is 9.96. The number of carbonyl (C=O) groups is 1. The van der Waals surface area contributed by atoms with Crippen molar-refractivity contribution in [2.75, 3.05) is 0 Å². The zero-order chi connectivity index (χ0) is 12.6. The maximum atomic E-state index is 11.0. The van der Waals surface area contributed by atoms with Gasteiger partial charge in [-0.3, -0.25) is 4.79 Å². The quantitative estimate of drug-likeness (QED) is 0.851. The third-order valence-electron chi connectivity index (χ3n) is 3.24. The molecule has 2 rings (SSSR count). The van der Waals surface area contributed by atoms with E-state index in [9.17, 15) is 4.79 Å². The van der Waals surface area contributed by atoms with E-state index in [1.807, 2.05) is 38.1 Å². The number of fused-ring (bicyclic) bond motifs is 1. The van der Waals surface area contributed by atoms with Gasteiger partial charge in [-0.05, 0) is 23.8 Å². The first-order valence-electron chi connectivity index (χ1n) is 5.39. The van der Waals surface area contributed by atoms with Crippen LogP contribution in [0.3, 0.4) is 0 Å². The second-order valence-corrected chi connectivity index (χ2v) is 4.71. The molecular weight excluding hydrogens is 218 g/mol. The summed E-state index contributed by atoms with van der Waals surface area (Å²) in [5.74, 6) is -0.998. The normalized spacial score (nSPS) is 13.8. The van der Waals surface area contributed by atoms with Gasteiger partial charge in [-0.15, -0.1) is 0 Å². The van der Waals surface area contributed by atoms with Crippen molar-refractivity contribution in [3.8, 4) is 0 Å². The topological polar surface area (TPSA) is 76.5 Å². The molecule has 90 valence electrons. The predicted molar refractivity (Wildman–Crippen MR) is 64.9 cm³/mol. The van der Waals surface area contributed by atoms with Gasteiger partial charge in [0.15, 0.2) is 0 Å². The Morgan fingerprint density at radius 2 is 2.12 bits per heavy atom. The smallest absolute Gasteiger partial charge is 0.321 e. The summed E-state index contributed by atoms with van der Waals surface area (Å²) in [7, 11) is 0. The second kappa shape index (κ2) is 3.89. The number of nitrogens with two attached hydrogens (primary N) is 1. The maximum absolute atomic E-state index is 11.0. The number of furan rings is 1. The van der Waals surface area contributed by atoms with Crippen LogP contribution in [0.15, 0.2) is 34.9 Å². The Morgan fingerprint density at radius 3 is 2.76 bits per heavy atom. The molecule has 17 heavy (non-hydrogen) atoms. The molecule has 0 aliphatic carbocycles. The Kier molecular flexibility index (Phi) is 2.67. The number of hydrogen-bond donors (Lipinski definition) is 2. The zero-order valence-electron chi connectivity index (χ0n) is 9.81. The first-order valence-corrected chi connectivity index (χ1v) is 5.39. The van der Waals surface area contributed by atoms with Gasteiger partial charge >= 0.3 is 5.97 Å². The molecule has 0 aliphatic heterocycles. The van der Waals surface area contributed by atoms with E-state index in [0.717, 1.165) is 16.5 Å². The van der Waals surface area contributed by atoms with E-state index in [1.54, 1.807) is 6.26 Å². The number of hydrogen-bond acceptors (Lipinski definition) is 3. The highest BCUT2D eigenvalue weighted by molar-refractivity contribution is 5.80. The minimum Gasteiger partial charge on any atom is -0.480 e. The fourth-order valence-corrected chi connectivity index (χ4v) is 1.86. The van der Waals surface area contributed by atoms with E-state index in [1.165, 1.54) is 0 Å². The molecule has 0 spiro atoms. The molecule has 0 aliphatic rings. The van der Waals surface area contributed by atoms with Crippen LogP contribution in [0.4, 0.5) is 0 Å². The highest BCUT2D eigenvalue weighted by atomic mass is 16.4. The average molecular weight is 233 g/mol. The Bertz CT molecular complexity index is 557. The summed E-state index contributed by atoms with van der Waals surface area (Å²) in [6.45, 7) is 3.65. The number of benzene rings is 1. The maximum Gasteiger partial charge on any atom is 0.321 e. The Balaban J connectivity index is 2.47. The summed E-state index contributed by atoms with van der Waals surface area (Å²) >= 11 is 0. The van der Waals surface area contributed by atoms with Crippen LogP contribution in [0.25, 0.3) is 11.0 Å².